The predicted octanol–water partition coefficient (Wildman–Crippen LogP) is 4.52. The van der Waals surface area contributed by atoms with Crippen molar-refractivity contribution in [1.29, 1.82) is 0 Å². The molecule has 1 aliphatic carbocycles. The van der Waals surface area contributed by atoms with Gasteiger partial charge < -0.3 is 5.32 Å². The Morgan fingerprint density at radius 3 is 1.87 bits per heavy atom. The molecule has 0 spiro atoms. The molecule has 1 N–H and O–H groups in total. The molecule has 1 saturated carbocycles. The lowest BCUT2D eigenvalue weighted by atomic mass is 9.91. The maximum absolute atomic E-state index is 12.4. The lowest BCUT2D eigenvalue weighted by Crippen LogP contribution is -2.36. The van der Waals surface area contributed by atoms with E-state index in [1.807, 2.05) is 43.3 Å². The van der Waals surface area contributed by atoms with Crippen LogP contribution in [-0.2, 0) is 4.79 Å². The van der Waals surface area contributed by atoms with Gasteiger partial charge in [-0.05, 0) is 24.5 Å². The molecule has 0 saturated heterocycles. The first-order chi connectivity index (χ1) is 10.9. The number of carbonyl (C=O) groups excluding carboxylic acids is 1. The molecule has 0 bridgehead atoms. The third kappa shape index (κ3) is 3.24. The summed E-state index contributed by atoms with van der Waals surface area (Å²) < 4.78 is -0.938. The number of carbonyl (C=O) groups is 1. The van der Waals surface area contributed by atoms with Crippen molar-refractivity contribution in [3.8, 4) is 0 Å². The van der Waals surface area contributed by atoms with Crippen molar-refractivity contribution >= 4 is 29.1 Å². The molecule has 4 heteroatoms. The Labute approximate surface area is 146 Å². The lowest BCUT2D eigenvalue weighted by Gasteiger charge is -2.20. The van der Waals surface area contributed by atoms with Crippen molar-refractivity contribution in [1.82, 2.24) is 5.32 Å². The summed E-state index contributed by atoms with van der Waals surface area (Å²) in [5.74, 6) is 0.0168. The molecule has 2 aromatic rings. The van der Waals surface area contributed by atoms with Gasteiger partial charge in [0.05, 0.1) is 5.41 Å². The van der Waals surface area contributed by atoms with Gasteiger partial charge in [-0.15, -0.1) is 23.2 Å². The molecule has 1 amide bonds. The van der Waals surface area contributed by atoms with Gasteiger partial charge in [-0.3, -0.25) is 4.79 Å². The number of halogens is 2. The van der Waals surface area contributed by atoms with E-state index in [-0.39, 0.29) is 11.8 Å². The van der Waals surface area contributed by atoms with E-state index in [2.05, 4.69) is 29.6 Å². The highest BCUT2D eigenvalue weighted by atomic mass is 35.5. The largest absolute Gasteiger partial charge is 0.355 e. The molecule has 0 aliphatic heterocycles. The molecule has 1 unspecified atom stereocenters. The van der Waals surface area contributed by atoms with E-state index in [9.17, 15) is 4.79 Å². The third-order valence-electron chi connectivity index (χ3n) is 4.63. The van der Waals surface area contributed by atoms with Gasteiger partial charge in [0, 0.05) is 12.5 Å². The van der Waals surface area contributed by atoms with E-state index < -0.39 is 9.75 Å². The Balaban J connectivity index is 1.77. The highest BCUT2D eigenvalue weighted by molar-refractivity contribution is 6.53. The second kappa shape index (κ2) is 6.18. The molecule has 0 aromatic heterocycles. The summed E-state index contributed by atoms with van der Waals surface area (Å²) in [6, 6.07) is 20.3. The van der Waals surface area contributed by atoms with Crippen molar-refractivity contribution in [3.05, 3.63) is 71.8 Å². The minimum atomic E-state index is -0.938. The Morgan fingerprint density at radius 1 is 1.04 bits per heavy atom. The van der Waals surface area contributed by atoms with Gasteiger partial charge in [0.1, 0.15) is 4.33 Å². The molecule has 0 radical (unpaired) electrons. The molecule has 120 valence electrons. The van der Waals surface area contributed by atoms with Crippen LogP contribution in [-0.4, -0.2) is 16.8 Å². The number of hydrogen-bond donors (Lipinski definition) is 1. The van der Waals surface area contributed by atoms with E-state index in [4.69, 9.17) is 23.2 Å². The fraction of sp³-hybridized carbons (Fsp3) is 0.316. The Morgan fingerprint density at radius 2 is 1.48 bits per heavy atom. The van der Waals surface area contributed by atoms with Crippen molar-refractivity contribution in [3.63, 3.8) is 0 Å². The second-order valence-corrected chi connectivity index (χ2v) is 7.78. The normalized spacial score (nSPS) is 21.9. The highest BCUT2D eigenvalue weighted by Crippen LogP contribution is 2.63. The zero-order valence-corrected chi connectivity index (χ0v) is 14.4. The lowest BCUT2D eigenvalue weighted by molar-refractivity contribution is -0.125. The maximum Gasteiger partial charge on any atom is 0.229 e. The van der Waals surface area contributed by atoms with Crippen molar-refractivity contribution in [2.24, 2.45) is 5.41 Å². The molecule has 23 heavy (non-hydrogen) atoms. The molecule has 1 atom stereocenters. The fourth-order valence-electron chi connectivity index (χ4n) is 2.83. The van der Waals surface area contributed by atoms with Crippen molar-refractivity contribution in [2.75, 3.05) is 6.54 Å². The summed E-state index contributed by atoms with van der Waals surface area (Å²) in [5, 5.41) is 3.03. The van der Waals surface area contributed by atoms with Crippen LogP contribution in [0.15, 0.2) is 60.7 Å². The number of amides is 1. The Bertz CT molecular complexity index is 648. The molecular formula is C19H19Cl2NO. The zero-order chi connectivity index (χ0) is 16.5. The average molecular weight is 348 g/mol. The van der Waals surface area contributed by atoms with Crippen LogP contribution >= 0.6 is 23.2 Å². The molecule has 3 rings (SSSR count). The summed E-state index contributed by atoms with van der Waals surface area (Å²) in [7, 11) is 0. The van der Waals surface area contributed by atoms with Crippen LogP contribution in [0, 0.1) is 5.41 Å². The first-order valence-corrected chi connectivity index (χ1v) is 8.46. The predicted molar refractivity (Wildman–Crippen MR) is 94.9 cm³/mol. The van der Waals surface area contributed by atoms with E-state index in [1.165, 1.54) is 11.1 Å². The van der Waals surface area contributed by atoms with Gasteiger partial charge in [0.15, 0.2) is 0 Å². The highest BCUT2D eigenvalue weighted by Gasteiger charge is 2.67. The smallest absolute Gasteiger partial charge is 0.229 e. The minimum absolute atomic E-state index is 0.0839. The zero-order valence-electron chi connectivity index (χ0n) is 12.9. The second-order valence-electron chi connectivity index (χ2n) is 6.30. The van der Waals surface area contributed by atoms with Gasteiger partial charge in [0.2, 0.25) is 5.91 Å². The summed E-state index contributed by atoms with van der Waals surface area (Å²) in [6.07, 6.45) is 0.496. The molecule has 0 heterocycles. The summed E-state index contributed by atoms with van der Waals surface area (Å²) >= 11 is 12.2. The van der Waals surface area contributed by atoms with E-state index in [0.717, 1.165) is 0 Å². The molecule has 1 fully saturated rings. The monoisotopic (exact) mass is 347 g/mol. The van der Waals surface area contributed by atoms with Crippen molar-refractivity contribution in [2.45, 2.75) is 23.6 Å². The SMILES string of the molecule is CC1(C(=O)NCC(c2ccccc2)c2ccccc2)CC1(Cl)Cl. The summed E-state index contributed by atoms with van der Waals surface area (Å²) in [4.78, 5) is 12.4. The number of nitrogens with one attached hydrogen (secondary N) is 1. The molecule has 1 aliphatic rings. The van der Waals surface area contributed by atoms with Crippen LogP contribution in [0.25, 0.3) is 0 Å². The quantitative estimate of drug-likeness (QED) is 0.791. The third-order valence-corrected chi connectivity index (χ3v) is 5.73. The standard InChI is InChI=1S/C19H19Cl2NO/c1-18(13-19(18,20)21)17(23)22-12-16(14-8-4-2-5-9-14)15-10-6-3-7-11-15/h2-11,16H,12-13H2,1H3,(H,22,23). The number of rotatable bonds is 5. The number of benzene rings is 2. The van der Waals surface area contributed by atoms with E-state index in [0.29, 0.717) is 13.0 Å². The van der Waals surface area contributed by atoms with Crippen LogP contribution in [0.1, 0.15) is 30.4 Å². The fourth-order valence-corrected chi connectivity index (χ4v) is 3.54. The number of hydrogen-bond acceptors (Lipinski definition) is 1. The first-order valence-electron chi connectivity index (χ1n) is 7.70. The summed E-state index contributed by atoms with van der Waals surface area (Å²) in [6.45, 7) is 2.33. The van der Waals surface area contributed by atoms with Gasteiger partial charge in [0.25, 0.3) is 0 Å². The first kappa shape index (κ1) is 16.4. The van der Waals surface area contributed by atoms with Gasteiger partial charge in [-0.25, -0.2) is 0 Å². The summed E-state index contributed by atoms with van der Waals surface area (Å²) in [5.41, 5.74) is 1.65. The molecule has 2 aromatic carbocycles. The van der Waals surface area contributed by atoms with Gasteiger partial charge in [-0.1, -0.05) is 60.7 Å². The number of alkyl halides is 2. The van der Waals surface area contributed by atoms with E-state index >= 15 is 0 Å². The topological polar surface area (TPSA) is 29.1 Å². The van der Waals surface area contributed by atoms with Crippen molar-refractivity contribution < 1.29 is 4.79 Å². The van der Waals surface area contributed by atoms with Crippen LogP contribution in [0.2, 0.25) is 0 Å². The van der Waals surface area contributed by atoms with Crippen LogP contribution in [0.5, 0.6) is 0 Å². The molecule has 2 nitrogen and oxygen atoms in total. The van der Waals surface area contributed by atoms with Crippen LogP contribution in [0.4, 0.5) is 0 Å². The Kier molecular flexibility index (Phi) is 4.39. The van der Waals surface area contributed by atoms with Gasteiger partial charge in [-0.2, -0.15) is 0 Å². The Hall–Kier alpha value is -1.51. The maximum atomic E-state index is 12.4. The average Bonchev–Trinajstić information content (AvgIpc) is 3.09. The minimum Gasteiger partial charge on any atom is -0.355 e. The van der Waals surface area contributed by atoms with Crippen LogP contribution < -0.4 is 5.32 Å². The molecular weight excluding hydrogens is 329 g/mol. The van der Waals surface area contributed by atoms with Gasteiger partial charge >= 0.3 is 0 Å². The van der Waals surface area contributed by atoms with Crippen LogP contribution in [0.3, 0.4) is 0 Å². The van der Waals surface area contributed by atoms with E-state index in [1.54, 1.807) is 0 Å².